The Balaban J connectivity index is 2.06. The van der Waals surface area contributed by atoms with Gasteiger partial charge in [0.15, 0.2) is 0 Å². The van der Waals surface area contributed by atoms with Crippen molar-refractivity contribution in [3.63, 3.8) is 0 Å². The van der Waals surface area contributed by atoms with Crippen molar-refractivity contribution in [2.45, 2.75) is 12.3 Å². The first-order valence-electron chi connectivity index (χ1n) is 6.41. The van der Waals surface area contributed by atoms with Gasteiger partial charge in [-0.05, 0) is 29.8 Å². The maximum absolute atomic E-state index is 11.9. The molecule has 0 spiro atoms. The van der Waals surface area contributed by atoms with Crippen molar-refractivity contribution < 1.29 is 4.79 Å². The number of amides is 1. The maximum atomic E-state index is 11.9. The highest BCUT2D eigenvalue weighted by Gasteiger charge is 2.27. The molecule has 0 bridgehead atoms. The van der Waals surface area contributed by atoms with Crippen LogP contribution in [0.15, 0.2) is 30.3 Å². The molecule has 3 nitrogen and oxygen atoms in total. The van der Waals surface area contributed by atoms with Crippen molar-refractivity contribution in [2.24, 2.45) is 0 Å². The Morgan fingerprint density at radius 1 is 1.30 bits per heavy atom. The van der Waals surface area contributed by atoms with Crippen LogP contribution in [0.3, 0.4) is 0 Å². The summed E-state index contributed by atoms with van der Waals surface area (Å²) < 4.78 is 0.762. The number of rotatable bonds is 2. The standard InChI is InChI=1S/C15H15ClN2OS/c1-18(2)9-3-4-10-11(13-5-6-14(16)20-13)8-15(19)17-12(10)7-9/h3-7,11H,8H2,1-2H3,(H,17,19)/t11-/m1/s1. The normalized spacial score (nSPS) is 17.6. The Morgan fingerprint density at radius 2 is 2.10 bits per heavy atom. The predicted octanol–water partition coefficient (Wildman–Crippen LogP) is 3.94. The van der Waals surface area contributed by atoms with E-state index in [0.29, 0.717) is 6.42 Å². The Kier molecular flexibility index (Phi) is 3.44. The number of anilines is 2. The summed E-state index contributed by atoms with van der Waals surface area (Å²) in [4.78, 5) is 15.1. The van der Waals surface area contributed by atoms with Gasteiger partial charge in [0.1, 0.15) is 0 Å². The predicted molar refractivity (Wildman–Crippen MR) is 85.2 cm³/mol. The van der Waals surface area contributed by atoms with Gasteiger partial charge in [0, 0.05) is 42.7 Å². The molecule has 0 unspecified atom stereocenters. The lowest BCUT2D eigenvalue weighted by Gasteiger charge is -2.26. The fourth-order valence-corrected chi connectivity index (χ4v) is 3.68. The van der Waals surface area contributed by atoms with E-state index in [9.17, 15) is 4.79 Å². The van der Waals surface area contributed by atoms with Gasteiger partial charge in [0.2, 0.25) is 5.91 Å². The summed E-state index contributed by atoms with van der Waals surface area (Å²) in [6.07, 6.45) is 0.477. The summed E-state index contributed by atoms with van der Waals surface area (Å²) in [6, 6.07) is 10.1. The molecule has 104 valence electrons. The number of fused-ring (bicyclic) bond motifs is 1. The number of hydrogen-bond donors (Lipinski definition) is 1. The van der Waals surface area contributed by atoms with E-state index in [4.69, 9.17) is 11.6 Å². The van der Waals surface area contributed by atoms with E-state index in [1.807, 2.05) is 37.2 Å². The van der Waals surface area contributed by atoms with E-state index in [1.54, 1.807) is 11.3 Å². The molecule has 1 aromatic carbocycles. The molecule has 1 aromatic heterocycles. The van der Waals surface area contributed by atoms with Crippen molar-refractivity contribution in [1.82, 2.24) is 0 Å². The Labute approximate surface area is 127 Å². The summed E-state index contributed by atoms with van der Waals surface area (Å²) in [5, 5.41) is 2.97. The molecule has 5 heteroatoms. The van der Waals surface area contributed by atoms with Crippen LogP contribution in [0.2, 0.25) is 4.34 Å². The molecule has 2 heterocycles. The molecule has 1 aliphatic rings. The molecule has 1 aliphatic heterocycles. The zero-order chi connectivity index (χ0) is 14.3. The Bertz CT molecular complexity index is 666. The van der Waals surface area contributed by atoms with E-state index in [-0.39, 0.29) is 11.8 Å². The van der Waals surface area contributed by atoms with Crippen molar-refractivity contribution >= 4 is 40.2 Å². The minimum absolute atomic E-state index is 0.0583. The van der Waals surface area contributed by atoms with Crippen LogP contribution >= 0.6 is 22.9 Å². The molecule has 0 saturated carbocycles. The number of benzene rings is 1. The molecule has 0 saturated heterocycles. The number of carbonyl (C=O) groups excluding carboxylic acids is 1. The maximum Gasteiger partial charge on any atom is 0.225 e. The third-order valence-corrected chi connectivity index (χ3v) is 4.87. The van der Waals surface area contributed by atoms with Crippen LogP contribution in [0.4, 0.5) is 11.4 Å². The summed E-state index contributed by atoms with van der Waals surface area (Å²) >= 11 is 7.57. The number of carbonyl (C=O) groups is 1. The lowest BCUT2D eigenvalue weighted by molar-refractivity contribution is -0.116. The lowest BCUT2D eigenvalue weighted by atomic mass is 9.89. The van der Waals surface area contributed by atoms with Gasteiger partial charge in [-0.15, -0.1) is 11.3 Å². The van der Waals surface area contributed by atoms with E-state index >= 15 is 0 Å². The zero-order valence-corrected chi connectivity index (χ0v) is 12.9. The Hall–Kier alpha value is -1.52. The van der Waals surface area contributed by atoms with Crippen LogP contribution in [0.25, 0.3) is 0 Å². The molecule has 1 atom stereocenters. The van der Waals surface area contributed by atoms with Crippen LogP contribution in [0.5, 0.6) is 0 Å². The number of nitrogens with one attached hydrogen (secondary N) is 1. The fraction of sp³-hybridized carbons (Fsp3) is 0.267. The first-order valence-corrected chi connectivity index (χ1v) is 7.60. The summed E-state index contributed by atoms with van der Waals surface area (Å²) in [5.41, 5.74) is 3.14. The number of halogens is 1. The first-order chi connectivity index (χ1) is 9.54. The molecular formula is C15H15ClN2OS. The molecule has 0 radical (unpaired) electrons. The first kappa shape index (κ1) is 13.5. The fourth-order valence-electron chi connectivity index (χ4n) is 2.50. The highest BCUT2D eigenvalue weighted by atomic mass is 35.5. The Morgan fingerprint density at radius 3 is 2.75 bits per heavy atom. The summed E-state index contributed by atoms with van der Waals surface area (Å²) in [7, 11) is 3.98. The van der Waals surface area contributed by atoms with Crippen LogP contribution in [-0.4, -0.2) is 20.0 Å². The third-order valence-electron chi connectivity index (χ3n) is 3.53. The summed E-state index contributed by atoms with van der Waals surface area (Å²) in [6.45, 7) is 0. The van der Waals surface area contributed by atoms with Crippen molar-refractivity contribution in [1.29, 1.82) is 0 Å². The van der Waals surface area contributed by atoms with Gasteiger partial charge in [-0.2, -0.15) is 0 Å². The smallest absolute Gasteiger partial charge is 0.225 e. The van der Waals surface area contributed by atoms with Gasteiger partial charge in [0.25, 0.3) is 0 Å². The highest BCUT2D eigenvalue weighted by Crippen LogP contribution is 2.41. The second-order valence-corrected chi connectivity index (χ2v) is 6.86. The van der Waals surface area contributed by atoms with Crippen LogP contribution < -0.4 is 10.2 Å². The van der Waals surface area contributed by atoms with Gasteiger partial charge >= 0.3 is 0 Å². The molecule has 3 rings (SSSR count). The number of thiophene rings is 1. The quantitative estimate of drug-likeness (QED) is 0.911. The van der Waals surface area contributed by atoms with Gasteiger partial charge in [-0.3, -0.25) is 4.79 Å². The molecule has 20 heavy (non-hydrogen) atoms. The zero-order valence-electron chi connectivity index (χ0n) is 11.3. The molecule has 2 aromatic rings. The molecule has 0 fully saturated rings. The van der Waals surface area contributed by atoms with Gasteiger partial charge < -0.3 is 10.2 Å². The topological polar surface area (TPSA) is 32.3 Å². The van der Waals surface area contributed by atoms with Crippen molar-refractivity contribution in [3.05, 3.63) is 45.1 Å². The van der Waals surface area contributed by atoms with E-state index in [0.717, 1.165) is 26.2 Å². The molecular weight excluding hydrogens is 292 g/mol. The lowest BCUT2D eigenvalue weighted by Crippen LogP contribution is -2.23. The average molecular weight is 307 g/mol. The van der Waals surface area contributed by atoms with E-state index in [1.165, 1.54) is 0 Å². The van der Waals surface area contributed by atoms with Gasteiger partial charge in [-0.25, -0.2) is 0 Å². The minimum atomic E-state index is 0.0583. The van der Waals surface area contributed by atoms with E-state index in [2.05, 4.69) is 17.4 Å². The van der Waals surface area contributed by atoms with Gasteiger partial charge in [0.05, 0.1) is 4.34 Å². The van der Waals surface area contributed by atoms with Crippen LogP contribution in [0, 0.1) is 0 Å². The van der Waals surface area contributed by atoms with Crippen LogP contribution in [0.1, 0.15) is 22.8 Å². The average Bonchev–Trinajstić information content (AvgIpc) is 2.83. The molecule has 0 aliphatic carbocycles. The highest BCUT2D eigenvalue weighted by molar-refractivity contribution is 7.16. The van der Waals surface area contributed by atoms with Crippen molar-refractivity contribution in [3.8, 4) is 0 Å². The summed E-state index contributed by atoms with van der Waals surface area (Å²) in [5.74, 6) is 0.162. The SMILES string of the molecule is CN(C)c1ccc2c(c1)NC(=O)C[C@H]2c1ccc(Cl)s1. The largest absolute Gasteiger partial charge is 0.378 e. The van der Waals surface area contributed by atoms with Gasteiger partial charge in [-0.1, -0.05) is 17.7 Å². The van der Waals surface area contributed by atoms with E-state index < -0.39 is 0 Å². The second kappa shape index (κ2) is 5.11. The minimum Gasteiger partial charge on any atom is -0.378 e. The van der Waals surface area contributed by atoms with Crippen molar-refractivity contribution in [2.75, 3.05) is 24.3 Å². The number of nitrogens with zero attached hydrogens (tertiary/aromatic N) is 1. The molecule has 1 N–H and O–H groups in total. The second-order valence-electron chi connectivity index (χ2n) is 5.11. The monoisotopic (exact) mass is 306 g/mol. The third kappa shape index (κ3) is 2.41. The number of hydrogen-bond acceptors (Lipinski definition) is 3. The molecule has 1 amide bonds. The van der Waals surface area contributed by atoms with Crippen LogP contribution in [-0.2, 0) is 4.79 Å².